The third kappa shape index (κ3) is 5.62. The molecule has 0 fully saturated rings. The van der Waals surface area contributed by atoms with Crippen molar-refractivity contribution in [2.75, 3.05) is 0 Å². The van der Waals surface area contributed by atoms with Crippen LogP contribution in [0.5, 0.6) is 0 Å². The van der Waals surface area contributed by atoms with Crippen LogP contribution in [0.2, 0.25) is 0 Å². The van der Waals surface area contributed by atoms with Crippen molar-refractivity contribution in [3.63, 3.8) is 0 Å². The first-order valence-corrected chi connectivity index (χ1v) is 4.65. The molecule has 2 atom stereocenters. The molecule has 0 amide bonds. The van der Waals surface area contributed by atoms with E-state index in [1.807, 2.05) is 6.92 Å². The summed E-state index contributed by atoms with van der Waals surface area (Å²) in [5.74, 6) is 0.294. The Morgan fingerprint density at radius 3 is 2.31 bits per heavy atom. The molecule has 0 saturated carbocycles. The minimum Gasteiger partial charge on any atom is -0.390 e. The Hall–Kier alpha value is -0.590. The van der Waals surface area contributed by atoms with Crippen LogP contribution < -0.4 is 0 Å². The number of nitriles is 1. The SMILES string of the molecule is CC(CC#N)CCC(O)C(C)(C)O. The van der Waals surface area contributed by atoms with Gasteiger partial charge in [0.25, 0.3) is 0 Å². The summed E-state index contributed by atoms with van der Waals surface area (Å²) in [5.41, 5.74) is -1.04. The van der Waals surface area contributed by atoms with Crippen molar-refractivity contribution >= 4 is 0 Å². The maximum absolute atomic E-state index is 9.47. The van der Waals surface area contributed by atoms with Gasteiger partial charge in [0.1, 0.15) is 0 Å². The zero-order valence-electron chi connectivity index (χ0n) is 8.62. The molecule has 13 heavy (non-hydrogen) atoms. The van der Waals surface area contributed by atoms with Gasteiger partial charge in [0.2, 0.25) is 0 Å². The minimum atomic E-state index is -1.04. The quantitative estimate of drug-likeness (QED) is 0.681. The van der Waals surface area contributed by atoms with Crippen LogP contribution in [0.1, 0.15) is 40.0 Å². The van der Waals surface area contributed by atoms with Gasteiger partial charge < -0.3 is 10.2 Å². The largest absolute Gasteiger partial charge is 0.390 e. The van der Waals surface area contributed by atoms with Crippen LogP contribution >= 0.6 is 0 Å². The highest BCUT2D eigenvalue weighted by Crippen LogP contribution is 2.17. The fourth-order valence-corrected chi connectivity index (χ4v) is 1.05. The normalized spacial score (nSPS) is 16.3. The van der Waals surface area contributed by atoms with Crippen LogP contribution in [0.3, 0.4) is 0 Å². The standard InChI is InChI=1S/C10H19NO2/c1-8(6-7-11)4-5-9(12)10(2,3)13/h8-9,12-13H,4-6H2,1-3H3. The van der Waals surface area contributed by atoms with E-state index in [4.69, 9.17) is 5.26 Å². The molecular formula is C10H19NO2. The highest BCUT2D eigenvalue weighted by Gasteiger charge is 2.24. The molecule has 0 aromatic heterocycles. The van der Waals surface area contributed by atoms with Gasteiger partial charge in [-0.05, 0) is 32.6 Å². The molecule has 0 heterocycles. The lowest BCUT2D eigenvalue weighted by atomic mass is 9.93. The minimum absolute atomic E-state index is 0.294. The topological polar surface area (TPSA) is 64.2 Å². The second-order valence-corrected chi connectivity index (χ2v) is 4.21. The van der Waals surface area contributed by atoms with E-state index in [1.165, 1.54) is 0 Å². The molecule has 0 bridgehead atoms. The van der Waals surface area contributed by atoms with E-state index in [2.05, 4.69) is 6.07 Å². The average molecular weight is 185 g/mol. The molecule has 0 saturated heterocycles. The Balaban J connectivity index is 3.71. The third-order valence-electron chi connectivity index (χ3n) is 2.19. The predicted molar refractivity (Wildman–Crippen MR) is 50.9 cm³/mol. The number of aliphatic hydroxyl groups excluding tert-OH is 1. The molecule has 0 aromatic rings. The average Bonchev–Trinajstić information content (AvgIpc) is 1.99. The molecule has 0 radical (unpaired) electrons. The van der Waals surface area contributed by atoms with Crippen LogP contribution in [0.25, 0.3) is 0 Å². The van der Waals surface area contributed by atoms with E-state index in [0.29, 0.717) is 18.8 Å². The van der Waals surface area contributed by atoms with E-state index >= 15 is 0 Å². The summed E-state index contributed by atoms with van der Waals surface area (Å²) in [5, 5.41) is 27.3. The van der Waals surface area contributed by atoms with Crippen molar-refractivity contribution in [3.8, 4) is 6.07 Å². The molecule has 3 nitrogen and oxygen atoms in total. The fourth-order valence-electron chi connectivity index (χ4n) is 1.05. The fraction of sp³-hybridized carbons (Fsp3) is 0.900. The van der Waals surface area contributed by atoms with Gasteiger partial charge in [0.05, 0.1) is 17.8 Å². The molecule has 0 aliphatic rings. The molecule has 3 heteroatoms. The molecule has 0 aliphatic heterocycles. The Bertz CT molecular complexity index is 178. The Kier molecular flexibility index (Phi) is 4.97. The number of hydrogen-bond donors (Lipinski definition) is 2. The molecule has 0 aliphatic carbocycles. The second-order valence-electron chi connectivity index (χ2n) is 4.21. The van der Waals surface area contributed by atoms with Gasteiger partial charge in [-0.1, -0.05) is 6.92 Å². The molecule has 0 rings (SSSR count). The van der Waals surface area contributed by atoms with Gasteiger partial charge in [0.15, 0.2) is 0 Å². The van der Waals surface area contributed by atoms with Gasteiger partial charge in [-0.3, -0.25) is 0 Å². The first-order chi connectivity index (χ1) is 5.88. The summed E-state index contributed by atoms with van der Waals surface area (Å²) in [4.78, 5) is 0. The van der Waals surface area contributed by atoms with Crippen molar-refractivity contribution in [2.45, 2.75) is 51.7 Å². The monoisotopic (exact) mass is 185 g/mol. The van der Waals surface area contributed by atoms with E-state index in [-0.39, 0.29) is 0 Å². The van der Waals surface area contributed by atoms with Gasteiger partial charge >= 0.3 is 0 Å². The van der Waals surface area contributed by atoms with Crippen molar-refractivity contribution in [1.29, 1.82) is 5.26 Å². The highest BCUT2D eigenvalue weighted by molar-refractivity contribution is 4.79. The number of hydrogen-bond acceptors (Lipinski definition) is 3. The molecule has 0 spiro atoms. The zero-order valence-corrected chi connectivity index (χ0v) is 8.62. The molecule has 0 aromatic carbocycles. The van der Waals surface area contributed by atoms with Crippen molar-refractivity contribution in [1.82, 2.24) is 0 Å². The van der Waals surface area contributed by atoms with Crippen molar-refractivity contribution < 1.29 is 10.2 Å². The Morgan fingerprint density at radius 1 is 1.38 bits per heavy atom. The summed E-state index contributed by atoms with van der Waals surface area (Å²) >= 11 is 0. The van der Waals surface area contributed by atoms with E-state index in [0.717, 1.165) is 6.42 Å². The lowest BCUT2D eigenvalue weighted by Gasteiger charge is -2.25. The van der Waals surface area contributed by atoms with E-state index in [1.54, 1.807) is 13.8 Å². The maximum Gasteiger partial charge on any atom is 0.0849 e. The Labute approximate surface area is 80.0 Å². The molecule has 76 valence electrons. The van der Waals surface area contributed by atoms with Gasteiger partial charge in [-0.25, -0.2) is 0 Å². The predicted octanol–water partition coefficient (Wildman–Crippen LogP) is 1.45. The summed E-state index contributed by atoms with van der Waals surface area (Å²) in [6, 6.07) is 2.09. The van der Waals surface area contributed by atoms with Gasteiger partial charge in [-0.2, -0.15) is 5.26 Å². The summed E-state index contributed by atoms with van der Waals surface area (Å²) in [6.45, 7) is 5.15. The highest BCUT2D eigenvalue weighted by atomic mass is 16.3. The first kappa shape index (κ1) is 12.4. The Morgan fingerprint density at radius 2 is 1.92 bits per heavy atom. The van der Waals surface area contributed by atoms with Gasteiger partial charge in [-0.15, -0.1) is 0 Å². The van der Waals surface area contributed by atoms with E-state index < -0.39 is 11.7 Å². The molecule has 2 unspecified atom stereocenters. The lowest BCUT2D eigenvalue weighted by Crippen LogP contribution is -2.35. The van der Waals surface area contributed by atoms with Crippen LogP contribution in [-0.4, -0.2) is 21.9 Å². The lowest BCUT2D eigenvalue weighted by molar-refractivity contribution is -0.0533. The first-order valence-electron chi connectivity index (χ1n) is 4.65. The number of aliphatic hydroxyl groups is 2. The molecular weight excluding hydrogens is 166 g/mol. The van der Waals surface area contributed by atoms with Crippen LogP contribution in [0, 0.1) is 17.2 Å². The van der Waals surface area contributed by atoms with Crippen LogP contribution in [0.15, 0.2) is 0 Å². The van der Waals surface area contributed by atoms with Gasteiger partial charge in [0, 0.05) is 6.42 Å². The van der Waals surface area contributed by atoms with Crippen LogP contribution in [-0.2, 0) is 0 Å². The summed E-state index contributed by atoms with van der Waals surface area (Å²) in [6.07, 6.45) is 1.14. The summed E-state index contributed by atoms with van der Waals surface area (Å²) in [7, 11) is 0. The van der Waals surface area contributed by atoms with Crippen molar-refractivity contribution in [3.05, 3.63) is 0 Å². The number of rotatable bonds is 5. The summed E-state index contributed by atoms with van der Waals surface area (Å²) < 4.78 is 0. The smallest absolute Gasteiger partial charge is 0.0849 e. The number of nitrogens with zero attached hydrogens (tertiary/aromatic N) is 1. The van der Waals surface area contributed by atoms with E-state index in [9.17, 15) is 10.2 Å². The maximum atomic E-state index is 9.47. The second kappa shape index (κ2) is 5.21. The van der Waals surface area contributed by atoms with Crippen LogP contribution in [0.4, 0.5) is 0 Å². The van der Waals surface area contributed by atoms with Crippen molar-refractivity contribution in [2.24, 2.45) is 5.92 Å². The third-order valence-corrected chi connectivity index (χ3v) is 2.19. The molecule has 2 N–H and O–H groups in total. The zero-order chi connectivity index (χ0) is 10.5.